The summed E-state index contributed by atoms with van der Waals surface area (Å²) in [5, 5.41) is 5.12. The number of hydrogen-bond acceptors (Lipinski definition) is 7. The molecule has 0 saturated heterocycles. The number of ether oxygens (including phenoxy) is 1. The molecule has 1 heterocycles. The van der Waals surface area contributed by atoms with Crippen LogP contribution in [0.5, 0.6) is 0 Å². The van der Waals surface area contributed by atoms with Crippen molar-refractivity contribution in [2.75, 3.05) is 11.9 Å². The van der Waals surface area contributed by atoms with Crippen LogP contribution in [0.4, 0.5) is 9.93 Å². The molecule has 1 aromatic heterocycles. The Bertz CT molecular complexity index is 510. The Kier molecular flexibility index (Phi) is 5.31. The fraction of sp³-hybridized carbons (Fsp3) is 0.500. The molecule has 0 bridgehead atoms. The van der Waals surface area contributed by atoms with Crippen molar-refractivity contribution in [2.45, 2.75) is 26.4 Å². The van der Waals surface area contributed by atoms with Crippen molar-refractivity contribution >= 4 is 44.5 Å². The van der Waals surface area contributed by atoms with E-state index in [0.29, 0.717) is 5.13 Å². The van der Waals surface area contributed by atoms with Crippen molar-refractivity contribution in [1.82, 2.24) is 10.1 Å². The van der Waals surface area contributed by atoms with Crippen LogP contribution in [0.25, 0.3) is 0 Å². The number of anilines is 1. The van der Waals surface area contributed by atoms with E-state index < -0.39 is 11.7 Å². The largest absolute Gasteiger partial charge is 0.443 e. The van der Waals surface area contributed by atoms with Gasteiger partial charge in [0, 0.05) is 7.05 Å². The number of nitrogens with two attached hydrogens (primary N) is 2. The van der Waals surface area contributed by atoms with Crippen molar-refractivity contribution in [3.63, 3.8) is 0 Å². The van der Waals surface area contributed by atoms with Gasteiger partial charge in [0.25, 0.3) is 0 Å². The normalized spacial score (nSPS) is 12.2. The third-order valence-corrected chi connectivity index (χ3v) is 3.18. The minimum Gasteiger partial charge on any atom is -0.443 e. The predicted octanol–water partition coefficient (Wildman–Crippen LogP) is 1.68. The van der Waals surface area contributed by atoms with Crippen molar-refractivity contribution < 1.29 is 9.53 Å². The Morgan fingerprint density at radius 3 is 2.55 bits per heavy atom. The van der Waals surface area contributed by atoms with Crippen LogP contribution in [-0.4, -0.2) is 34.8 Å². The molecule has 112 valence electrons. The summed E-state index contributed by atoms with van der Waals surface area (Å²) < 4.78 is 6.03. The first-order valence-electron chi connectivity index (χ1n) is 5.57. The highest BCUT2D eigenvalue weighted by Gasteiger charge is 2.28. The molecule has 0 unspecified atom stereocenters. The number of carbonyl (C=O) groups is 1. The molecule has 0 aliphatic carbocycles. The summed E-state index contributed by atoms with van der Waals surface area (Å²) in [6.07, 6.45) is 0.874. The summed E-state index contributed by atoms with van der Waals surface area (Å²) in [7, 11) is 1.48. The van der Waals surface area contributed by atoms with Crippen LogP contribution in [0.1, 0.15) is 20.8 Å². The quantitative estimate of drug-likeness (QED) is 0.357. The molecular weight excluding hydrogens is 348 g/mol. The van der Waals surface area contributed by atoms with Crippen LogP contribution >= 0.6 is 27.3 Å². The minimum absolute atomic E-state index is 0.133. The Morgan fingerprint density at radius 1 is 1.55 bits per heavy atom. The zero-order chi connectivity index (χ0) is 15.5. The topological polar surface area (TPSA) is 110 Å². The number of hydrazone groups is 1. The second kappa shape index (κ2) is 6.37. The van der Waals surface area contributed by atoms with Crippen LogP contribution in [0.3, 0.4) is 0 Å². The highest BCUT2D eigenvalue weighted by atomic mass is 79.9. The lowest BCUT2D eigenvalue weighted by molar-refractivity contribution is 0.0603. The Balaban J connectivity index is 3.11. The number of carbonyl (C=O) groups excluding carboxylic acids is 1. The fourth-order valence-corrected chi connectivity index (χ4v) is 2.31. The van der Waals surface area contributed by atoms with Crippen molar-refractivity contribution in [3.05, 3.63) is 9.98 Å². The van der Waals surface area contributed by atoms with E-state index in [1.807, 2.05) is 0 Å². The van der Waals surface area contributed by atoms with Crippen molar-refractivity contribution in [3.8, 4) is 0 Å². The summed E-state index contributed by atoms with van der Waals surface area (Å²) >= 11 is 4.49. The van der Waals surface area contributed by atoms with E-state index in [9.17, 15) is 4.79 Å². The maximum absolute atomic E-state index is 12.2. The lowest BCUT2D eigenvalue weighted by Gasteiger charge is -2.25. The monoisotopic (exact) mass is 364 g/mol. The zero-order valence-electron chi connectivity index (χ0n) is 11.6. The third kappa shape index (κ3) is 4.94. The summed E-state index contributed by atoms with van der Waals surface area (Å²) in [6, 6.07) is 0. The van der Waals surface area contributed by atoms with Gasteiger partial charge in [-0.15, -0.1) is 5.10 Å². The molecule has 0 radical (unpaired) electrons. The number of aromatic nitrogens is 1. The van der Waals surface area contributed by atoms with Gasteiger partial charge in [0.2, 0.25) is 11.1 Å². The van der Waals surface area contributed by atoms with Crippen LogP contribution in [-0.2, 0) is 4.74 Å². The molecule has 0 saturated carbocycles. The van der Waals surface area contributed by atoms with Gasteiger partial charge >= 0.3 is 6.09 Å². The van der Waals surface area contributed by atoms with Crippen molar-refractivity contribution in [2.24, 2.45) is 16.7 Å². The number of rotatable bonds is 2. The maximum atomic E-state index is 12.2. The van der Waals surface area contributed by atoms with Crippen LogP contribution < -0.4 is 16.5 Å². The first kappa shape index (κ1) is 16.7. The maximum Gasteiger partial charge on any atom is 0.423 e. The van der Waals surface area contributed by atoms with E-state index >= 15 is 0 Å². The standard InChI is InChI=1S/C10H17BrN6O2S/c1-10(2,3)19-9(18)17(7(12)15-16(4)13)8-14-5-6(11)20-8/h5H,13H2,1-4H3,(H2,12,15). The number of halogens is 1. The van der Waals surface area contributed by atoms with Gasteiger partial charge in [-0.25, -0.2) is 20.7 Å². The van der Waals surface area contributed by atoms with E-state index in [1.165, 1.54) is 18.4 Å². The molecule has 1 aromatic rings. The summed E-state index contributed by atoms with van der Waals surface area (Å²) in [5.41, 5.74) is 5.12. The average Bonchev–Trinajstić information content (AvgIpc) is 2.60. The van der Waals surface area contributed by atoms with Crippen LogP contribution in [0.2, 0.25) is 0 Å². The van der Waals surface area contributed by atoms with E-state index in [-0.39, 0.29) is 5.96 Å². The van der Waals surface area contributed by atoms with Crippen molar-refractivity contribution in [1.29, 1.82) is 0 Å². The zero-order valence-corrected chi connectivity index (χ0v) is 14.0. The third-order valence-electron chi connectivity index (χ3n) is 1.72. The molecule has 1 amide bonds. The summed E-state index contributed by atoms with van der Waals surface area (Å²) in [5.74, 6) is 5.27. The van der Waals surface area contributed by atoms with Gasteiger partial charge in [-0.05, 0) is 36.7 Å². The molecule has 20 heavy (non-hydrogen) atoms. The molecule has 0 aliphatic heterocycles. The second-order valence-corrected chi connectivity index (χ2v) is 7.18. The Hall–Kier alpha value is -1.39. The number of guanidine groups is 1. The lowest BCUT2D eigenvalue weighted by Crippen LogP contribution is -2.46. The fourth-order valence-electron chi connectivity index (χ4n) is 1.13. The molecule has 10 heteroatoms. The molecule has 1 rings (SSSR count). The molecule has 4 N–H and O–H groups in total. The molecule has 8 nitrogen and oxygen atoms in total. The number of hydrazine groups is 1. The van der Waals surface area contributed by atoms with Gasteiger partial charge < -0.3 is 10.5 Å². The molecule has 0 spiro atoms. The lowest BCUT2D eigenvalue weighted by atomic mass is 10.2. The van der Waals surface area contributed by atoms with E-state index in [0.717, 1.165) is 13.8 Å². The van der Waals surface area contributed by atoms with Gasteiger partial charge in [-0.2, -0.15) is 4.90 Å². The predicted molar refractivity (Wildman–Crippen MR) is 82.1 cm³/mol. The van der Waals surface area contributed by atoms with E-state index in [1.54, 1.807) is 27.0 Å². The van der Waals surface area contributed by atoms with Crippen LogP contribution in [0, 0.1) is 0 Å². The second-order valence-electron chi connectivity index (χ2n) is 4.79. The summed E-state index contributed by atoms with van der Waals surface area (Å²) in [6.45, 7) is 5.26. The summed E-state index contributed by atoms with van der Waals surface area (Å²) in [4.78, 5) is 17.4. The highest BCUT2D eigenvalue weighted by Crippen LogP contribution is 2.27. The first-order chi connectivity index (χ1) is 9.10. The Morgan fingerprint density at radius 2 is 2.15 bits per heavy atom. The highest BCUT2D eigenvalue weighted by molar-refractivity contribution is 9.11. The van der Waals surface area contributed by atoms with E-state index in [4.69, 9.17) is 16.3 Å². The van der Waals surface area contributed by atoms with Crippen LogP contribution in [0.15, 0.2) is 15.1 Å². The van der Waals surface area contributed by atoms with Gasteiger partial charge in [0.15, 0.2) is 0 Å². The molecule has 0 aromatic carbocycles. The number of amides is 1. The molecule has 0 atom stereocenters. The van der Waals surface area contributed by atoms with Gasteiger partial charge in [-0.3, -0.25) is 0 Å². The number of thiazole rings is 1. The SMILES string of the molecule is CN(N)/N=C(\N)N(C(=O)OC(C)(C)C)c1ncc(Br)s1. The molecule has 0 aliphatic rings. The smallest absolute Gasteiger partial charge is 0.423 e. The minimum atomic E-state index is -0.678. The van der Waals surface area contributed by atoms with Gasteiger partial charge in [0.1, 0.15) is 5.60 Å². The van der Waals surface area contributed by atoms with Gasteiger partial charge in [-0.1, -0.05) is 11.3 Å². The molecular formula is C10H17BrN6O2S. The number of hydrogen-bond donors (Lipinski definition) is 2. The van der Waals surface area contributed by atoms with E-state index in [2.05, 4.69) is 26.0 Å². The van der Waals surface area contributed by atoms with Gasteiger partial charge in [0.05, 0.1) is 9.98 Å². The molecule has 0 fully saturated rings. The first-order valence-corrected chi connectivity index (χ1v) is 7.18. The average molecular weight is 365 g/mol. The number of nitrogens with zero attached hydrogens (tertiary/aromatic N) is 4. The Labute approximate surface area is 129 Å².